The van der Waals surface area contributed by atoms with E-state index in [1.165, 1.54) is 12.8 Å². The van der Waals surface area contributed by atoms with Crippen LogP contribution >= 0.6 is 0 Å². The minimum absolute atomic E-state index is 0.0535. The van der Waals surface area contributed by atoms with Crippen LogP contribution in [-0.4, -0.2) is 18.0 Å². The second-order valence-corrected chi connectivity index (χ2v) is 13.4. The second-order valence-electron chi connectivity index (χ2n) is 13.4. The van der Waals surface area contributed by atoms with Gasteiger partial charge in [0.05, 0.1) is 11.3 Å². The third-order valence-corrected chi connectivity index (χ3v) is 7.63. The smallest absolute Gasteiger partial charge is 0.314 e. The highest BCUT2D eigenvalue weighted by Gasteiger charge is 2.52. The minimum Gasteiger partial charge on any atom is -0.462 e. The van der Waals surface area contributed by atoms with Crippen LogP contribution in [0, 0.1) is 41.4 Å². The summed E-state index contributed by atoms with van der Waals surface area (Å²) in [6.07, 6.45) is 4.57. The van der Waals surface area contributed by atoms with E-state index in [1.54, 1.807) is 0 Å². The fraction of sp³-hybridized carbons (Fsp3) is 0.758. The van der Waals surface area contributed by atoms with E-state index in [2.05, 4.69) is 60.6 Å². The Hall–Kier alpha value is -1.84. The molecule has 1 aromatic rings. The van der Waals surface area contributed by atoms with Gasteiger partial charge in [-0.3, -0.25) is 9.59 Å². The molecule has 4 unspecified atom stereocenters. The Balaban J connectivity index is 0.000000348. The number of rotatable bonds is 5. The van der Waals surface area contributed by atoms with Crippen LogP contribution in [-0.2, 0) is 14.3 Å². The Morgan fingerprint density at radius 1 is 1.03 bits per heavy atom. The van der Waals surface area contributed by atoms with Crippen molar-refractivity contribution in [3.8, 4) is 5.75 Å². The van der Waals surface area contributed by atoms with Crippen LogP contribution in [0.4, 0.5) is 0 Å². The monoisotopic (exact) mass is 516 g/mol. The van der Waals surface area contributed by atoms with E-state index in [-0.39, 0.29) is 34.8 Å². The molecule has 4 atom stereocenters. The zero-order chi connectivity index (χ0) is 28.7. The van der Waals surface area contributed by atoms with Crippen LogP contribution in [0.3, 0.4) is 0 Å². The normalized spacial score (nSPS) is 24.3. The molecule has 0 radical (unpaired) electrons. The first-order valence-corrected chi connectivity index (χ1v) is 14.6. The summed E-state index contributed by atoms with van der Waals surface area (Å²) in [7, 11) is 0. The van der Waals surface area contributed by atoms with E-state index in [4.69, 9.17) is 9.47 Å². The third kappa shape index (κ3) is 10.1. The van der Waals surface area contributed by atoms with Crippen LogP contribution < -0.4 is 4.74 Å². The van der Waals surface area contributed by atoms with Crippen molar-refractivity contribution in [3.63, 3.8) is 0 Å². The number of hydrogen-bond donors (Lipinski definition) is 0. The van der Waals surface area contributed by atoms with Crippen LogP contribution in [0.25, 0.3) is 0 Å². The molecule has 37 heavy (non-hydrogen) atoms. The van der Waals surface area contributed by atoms with Crippen LogP contribution in [0.5, 0.6) is 5.75 Å². The first kappa shape index (κ1) is 33.2. The zero-order valence-corrected chi connectivity index (χ0v) is 26.2. The molecule has 0 bridgehead atoms. The van der Waals surface area contributed by atoms with Crippen LogP contribution in [0.2, 0.25) is 0 Å². The average Bonchev–Trinajstić information content (AvgIpc) is 3.43. The summed E-state index contributed by atoms with van der Waals surface area (Å²) in [5.41, 5.74) is 1.96. The molecule has 0 saturated heterocycles. The molecule has 0 aromatic heterocycles. The Kier molecular flexibility index (Phi) is 12.4. The van der Waals surface area contributed by atoms with Gasteiger partial charge in [0.2, 0.25) is 0 Å². The molecule has 2 aliphatic rings. The first-order valence-electron chi connectivity index (χ1n) is 14.6. The van der Waals surface area contributed by atoms with E-state index in [1.807, 2.05) is 47.6 Å². The van der Waals surface area contributed by atoms with Gasteiger partial charge in [-0.1, -0.05) is 80.9 Å². The predicted octanol–water partition coefficient (Wildman–Crippen LogP) is 9.13. The molecule has 0 aliphatic heterocycles. The van der Waals surface area contributed by atoms with Gasteiger partial charge in [0, 0.05) is 0 Å². The van der Waals surface area contributed by atoms with Crippen molar-refractivity contribution in [2.75, 3.05) is 0 Å². The molecule has 0 spiro atoms. The first-order chi connectivity index (χ1) is 17.0. The zero-order valence-electron chi connectivity index (χ0n) is 26.2. The topological polar surface area (TPSA) is 52.6 Å². The van der Waals surface area contributed by atoms with Gasteiger partial charge in [0.25, 0.3) is 0 Å². The van der Waals surface area contributed by atoms with Crippen molar-refractivity contribution in [1.82, 2.24) is 0 Å². The lowest BCUT2D eigenvalue weighted by molar-refractivity contribution is -0.165. The third-order valence-electron chi connectivity index (χ3n) is 7.63. The fourth-order valence-electron chi connectivity index (χ4n) is 4.82. The number of hydrogen-bond acceptors (Lipinski definition) is 4. The summed E-state index contributed by atoms with van der Waals surface area (Å²) in [6.45, 7) is 27.0. The van der Waals surface area contributed by atoms with Gasteiger partial charge in [-0.15, -0.1) is 0 Å². The summed E-state index contributed by atoms with van der Waals surface area (Å²) >= 11 is 0. The summed E-state index contributed by atoms with van der Waals surface area (Å²) in [4.78, 5) is 24.0. The lowest BCUT2D eigenvalue weighted by atomic mass is 9.75. The summed E-state index contributed by atoms with van der Waals surface area (Å²) in [5.74, 6) is 2.85. The molecule has 0 amide bonds. The Morgan fingerprint density at radius 3 is 2.05 bits per heavy atom. The van der Waals surface area contributed by atoms with Crippen molar-refractivity contribution in [1.29, 1.82) is 0 Å². The van der Waals surface area contributed by atoms with Gasteiger partial charge in [0.1, 0.15) is 11.9 Å². The minimum atomic E-state index is -0.387. The molecule has 0 heterocycles. The quantitative estimate of drug-likeness (QED) is 0.289. The highest BCUT2D eigenvalue weighted by atomic mass is 16.5. The van der Waals surface area contributed by atoms with E-state index < -0.39 is 0 Å². The number of ether oxygens (including phenoxy) is 2. The van der Waals surface area contributed by atoms with Gasteiger partial charge in [-0.2, -0.15) is 0 Å². The molecular formula is C33H56O4. The molecule has 0 N–H and O–H groups in total. The fourth-order valence-corrected chi connectivity index (χ4v) is 4.82. The molecule has 1 aromatic carbocycles. The van der Waals surface area contributed by atoms with Crippen molar-refractivity contribution < 1.29 is 19.1 Å². The molecule has 212 valence electrons. The molecule has 4 heteroatoms. The van der Waals surface area contributed by atoms with Crippen LogP contribution in [0.1, 0.15) is 126 Å². The van der Waals surface area contributed by atoms with Gasteiger partial charge >= 0.3 is 11.9 Å². The van der Waals surface area contributed by atoms with Gasteiger partial charge in [-0.25, -0.2) is 0 Å². The van der Waals surface area contributed by atoms with E-state index >= 15 is 0 Å². The number of aryl methyl sites for hydroxylation is 1. The predicted molar refractivity (Wildman–Crippen MR) is 155 cm³/mol. The van der Waals surface area contributed by atoms with E-state index in [0.29, 0.717) is 23.7 Å². The second kappa shape index (κ2) is 13.8. The average molecular weight is 517 g/mol. The van der Waals surface area contributed by atoms with Gasteiger partial charge in [-0.05, 0) is 93.2 Å². The molecule has 2 fully saturated rings. The molecule has 2 saturated carbocycles. The number of carbonyl (C=O) groups excluding carboxylic acids is 2. The maximum absolute atomic E-state index is 12.1. The van der Waals surface area contributed by atoms with Gasteiger partial charge < -0.3 is 9.47 Å². The van der Waals surface area contributed by atoms with E-state index in [9.17, 15) is 9.59 Å². The standard InChI is InChI=1S/C16H22O2.C15H28O2.C2H6/c1-10(2)12-7-6-11(3)8-14(12)18-15(17)13-9-16(13,4)5;1-10(2)12-8-7-11(3)9-13(12)17-14(16)15(4,5)6;1-2/h6-8,10,13H,9H2,1-5H3;10-13H,7-9H2,1-6H3;1-2H3. The SMILES string of the molecule is CC.CC1CCC(C(C)C)C(OC(=O)C(C)(C)C)C1.Cc1ccc(C(C)C)c(OC(=O)C2CC2(C)C)c1. The highest BCUT2D eigenvalue weighted by Crippen LogP contribution is 2.52. The molecule has 3 rings (SSSR count). The number of carbonyl (C=O) groups is 2. The Bertz CT molecular complexity index is 875. The lowest BCUT2D eigenvalue weighted by Gasteiger charge is -2.37. The van der Waals surface area contributed by atoms with Gasteiger partial charge in [0.15, 0.2) is 0 Å². The largest absolute Gasteiger partial charge is 0.462 e. The van der Waals surface area contributed by atoms with Crippen molar-refractivity contribution in [2.45, 2.75) is 128 Å². The Labute approximate surface area is 228 Å². The lowest BCUT2D eigenvalue weighted by Crippen LogP contribution is -2.38. The molecular weight excluding hydrogens is 460 g/mol. The van der Waals surface area contributed by atoms with E-state index in [0.717, 1.165) is 29.7 Å². The van der Waals surface area contributed by atoms with Crippen LogP contribution in [0.15, 0.2) is 18.2 Å². The summed E-state index contributed by atoms with van der Waals surface area (Å²) in [6, 6.07) is 6.08. The Morgan fingerprint density at radius 2 is 1.59 bits per heavy atom. The number of benzene rings is 1. The highest BCUT2D eigenvalue weighted by molar-refractivity contribution is 5.79. The summed E-state index contributed by atoms with van der Waals surface area (Å²) < 4.78 is 11.4. The maximum atomic E-state index is 12.1. The molecule has 4 nitrogen and oxygen atoms in total. The summed E-state index contributed by atoms with van der Waals surface area (Å²) in [5, 5.41) is 0. The van der Waals surface area contributed by atoms with Crippen molar-refractivity contribution >= 4 is 11.9 Å². The van der Waals surface area contributed by atoms with Crippen molar-refractivity contribution in [3.05, 3.63) is 29.3 Å². The maximum Gasteiger partial charge on any atom is 0.314 e. The molecule has 2 aliphatic carbocycles. The number of esters is 2. The van der Waals surface area contributed by atoms with Crippen molar-refractivity contribution in [2.24, 2.45) is 34.5 Å².